The molecule has 0 spiro atoms. The molecule has 0 aromatic heterocycles. The van der Waals surface area contributed by atoms with Crippen LogP contribution < -0.4 is 5.73 Å². The van der Waals surface area contributed by atoms with Crippen molar-refractivity contribution < 1.29 is 17.6 Å². The van der Waals surface area contributed by atoms with Crippen LogP contribution in [0.1, 0.15) is 19.4 Å². The first-order valence-electron chi connectivity index (χ1n) is 5.28. The van der Waals surface area contributed by atoms with Gasteiger partial charge in [0.1, 0.15) is 5.82 Å². The molecule has 0 unspecified atom stereocenters. The first-order valence-corrected chi connectivity index (χ1v) is 6.72. The van der Waals surface area contributed by atoms with Crippen molar-refractivity contribution in [3.8, 4) is 0 Å². The van der Waals surface area contributed by atoms with E-state index in [2.05, 4.69) is 0 Å². The standard InChI is InChI=1S/C11H13FN2O3S/c1-11(2)10(15)14(18(11,16)17)6-7-3-4-8(12)5-9(7)13/h3-5H,6,13H2,1-2H3. The van der Waals surface area contributed by atoms with Gasteiger partial charge in [-0.05, 0) is 31.5 Å². The number of carbonyl (C=O) groups excluding carboxylic acids is 1. The first kappa shape index (κ1) is 12.8. The SMILES string of the molecule is CC1(C)C(=O)N(Cc2ccc(F)cc2N)S1(=O)=O. The summed E-state index contributed by atoms with van der Waals surface area (Å²) in [5.74, 6) is -0.986. The molecule has 18 heavy (non-hydrogen) atoms. The average molecular weight is 272 g/mol. The highest BCUT2D eigenvalue weighted by atomic mass is 32.2. The van der Waals surface area contributed by atoms with Gasteiger partial charge in [0.2, 0.25) is 0 Å². The lowest BCUT2D eigenvalue weighted by atomic mass is 10.1. The van der Waals surface area contributed by atoms with Crippen LogP contribution in [0.4, 0.5) is 10.1 Å². The van der Waals surface area contributed by atoms with Crippen molar-refractivity contribution in [1.82, 2.24) is 4.31 Å². The van der Waals surface area contributed by atoms with Crippen LogP contribution in [0.25, 0.3) is 0 Å². The molecule has 1 aliphatic heterocycles. The van der Waals surface area contributed by atoms with E-state index in [1.165, 1.54) is 26.0 Å². The quantitative estimate of drug-likeness (QED) is 0.810. The lowest BCUT2D eigenvalue weighted by Gasteiger charge is -2.43. The fourth-order valence-electron chi connectivity index (χ4n) is 1.78. The van der Waals surface area contributed by atoms with Gasteiger partial charge in [-0.3, -0.25) is 4.79 Å². The molecule has 0 radical (unpaired) electrons. The Hall–Kier alpha value is -1.63. The number of nitrogens with two attached hydrogens (primary N) is 1. The van der Waals surface area contributed by atoms with Gasteiger partial charge < -0.3 is 5.73 Å². The van der Waals surface area contributed by atoms with E-state index in [9.17, 15) is 17.6 Å². The van der Waals surface area contributed by atoms with Gasteiger partial charge in [0, 0.05) is 5.69 Å². The normalized spacial score (nSPS) is 20.6. The predicted octanol–water partition coefficient (Wildman–Crippen LogP) is 0.859. The van der Waals surface area contributed by atoms with Crippen molar-refractivity contribution in [3.63, 3.8) is 0 Å². The topological polar surface area (TPSA) is 80.5 Å². The molecule has 2 rings (SSSR count). The Kier molecular flexibility index (Phi) is 2.62. The molecule has 0 bridgehead atoms. The molecule has 7 heteroatoms. The molecular weight excluding hydrogens is 259 g/mol. The summed E-state index contributed by atoms with van der Waals surface area (Å²) in [6.07, 6.45) is 0. The van der Waals surface area contributed by atoms with E-state index in [4.69, 9.17) is 5.73 Å². The molecule has 1 fully saturated rings. The highest BCUT2D eigenvalue weighted by molar-refractivity contribution is 7.94. The zero-order chi connectivity index (χ0) is 13.7. The van der Waals surface area contributed by atoms with Crippen molar-refractivity contribution in [1.29, 1.82) is 0 Å². The van der Waals surface area contributed by atoms with Crippen molar-refractivity contribution in [2.24, 2.45) is 0 Å². The summed E-state index contributed by atoms with van der Waals surface area (Å²) in [5, 5.41) is 0. The van der Waals surface area contributed by atoms with Gasteiger partial charge in [-0.25, -0.2) is 17.1 Å². The molecule has 1 heterocycles. The number of nitrogens with zero attached hydrogens (tertiary/aromatic N) is 1. The molecule has 1 aliphatic rings. The van der Waals surface area contributed by atoms with Gasteiger partial charge in [0.25, 0.3) is 15.9 Å². The largest absolute Gasteiger partial charge is 0.398 e. The summed E-state index contributed by atoms with van der Waals surface area (Å²) in [5.41, 5.74) is 6.11. The number of sulfonamides is 1. The third-order valence-corrected chi connectivity index (χ3v) is 5.44. The number of anilines is 1. The monoisotopic (exact) mass is 272 g/mol. The molecule has 1 saturated heterocycles. The second kappa shape index (κ2) is 3.68. The van der Waals surface area contributed by atoms with Crippen LogP contribution in [0.3, 0.4) is 0 Å². The van der Waals surface area contributed by atoms with Gasteiger partial charge >= 0.3 is 0 Å². The van der Waals surface area contributed by atoms with E-state index in [1.807, 2.05) is 0 Å². The molecule has 0 saturated carbocycles. The van der Waals surface area contributed by atoms with E-state index in [-0.39, 0.29) is 12.2 Å². The van der Waals surface area contributed by atoms with Gasteiger partial charge in [0.15, 0.2) is 4.75 Å². The first-order chi connectivity index (χ1) is 8.18. The van der Waals surface area contributed by atoms with Crippen LogP contribution in [-0.4, -0.2) is 23.4 Å². The number of hydrogen-bond acceptors (Lipinski definition) is 4. The van der Waals surface area contributed by atoms with Gasteiger partial charge in [0.05, 0.1) is 6.54 Å². The number of benzene rings is 1. The van der Waals surface area contributed by atoms with E-state index in [1.54, 1.807) is 0 Å². The Morgan fingerprint density at radius 2 is 2.00 bits per heavy atom. The highest BCUT2D eigenvalue weighted by Gasteiger charge is 2.59. The number of carbonyl (C=O) groups is 1. The second-order valence-electron chi connectivity index (χ2n) is 4.67. The van der Waals surface area contributed by atoms with E-state index in [0.29, 0.717) is 5.56 Å². The van der Waals surface area contributed by atoms with Crippen LogP contribution in [-0.2, 0) is 21.4 Å². The lowest BCUT2D eigenvalue weighted by Crippen LogP contribution is -2.66. The zero-order valence-electron chi connectivity index (χ0n) is 9.97. The fourth-order valence-corrected chi connectivity index (χ4v) is 3.28. The summed E-state index contributed by atoms with van der Waals surface area (Å²) in [6, 6.07) is 3.64. The number of halogens is 1. The molecular formula is C11H13FN2O3S. The Labute approximate surface area is 104 Å². The molecule has 0 aliphatic carbocycles. The van der Waals surface area contributed by atoms with Crippen molar-refractivity contribution in [3.05, 3.63) is 29.6 Å². The van der Waals surface area contributed by atoms with Gasteiger partial charge in [-0.1, -0.05) is 6.07 Å². The summed E-state index contributed by atoms with van der Waals surface area (Å²) in [6.45, 7) is 2.56. The van der Waals surface area contributed by atoms with Crippen LogP contribution in [0.2, 0.25) is 0 Å². The Bertz CT molecular complexity index is 625. The smallest absolute Gasteiger partial charge is 0.259 e. The molecule has 0 atom stereocenters. The third kappa shape index (κ3) is 1.58. The zero-order valence-corrected chi connectivity index (χ0v) is 10.8. The third-order valence-electron chi connectivity index (χ3n) is 3.10. The van der Waals surface area contributed by atoms with Crippen molar-refractivity contribution >= 4 is 21.6 Å². The summed E-state index contributed by atoms with van der Waals surface area (Å²) in [4.78, 5) is 11.7. The highest BCUT2D eigenvalue weighted by Crippen LogP contribution is 2.36. The molecule has 1 aromatic carbocycles. The van der Waals surface area contributed by atoms with Crippen LogP contribution in [0.15, 0.2) is 18.2 Å². The molecule has 1 aromatic rings. The minimum Gasteiger partial charge on any atom is -0.398 e. The summed E-state index contributed by atoms with van der Waals surface area (Å²) < 4.78 is 35.9. The van der Waals surface area contributed by atoms with Gasteiger partial charge in [-0.2, -0.15) is 0 Å². The maximum Gasteiger partial charge on any atom is 0.259 e. The van der Waals surface area contributed by atoms with E-state index < -0.39 is 26.5 Å². The van der Waals surface area contributed by atoms with Crippen LogP contribution in [0, 0.1) is 5.82 Å². The summed E-state index contributed by atoms with van der Waals surface area (Å²) >= 11 is 0. The average Bonchev–Trinajstić information content (AvgIpc) is 2.26. The molecule has 2 N–H and O–H groups in total. The summed E-state index contributed by atoms with van der Waals surface area (Å²) in [7, 11) is -3.64. The minimum absolute atomic E-state index is 0.128. The van der Waals surface area contributed by atoms with Gasteiger partial charge in [-0.15, -0.1) is 0 Å². The number of rotatable bonds is 2. The second-order valence-corrected chi connectivity index (χ2v) is 7.08. The van der Waals surface area contributed by atoms with E-state index >= 15 is 0 Å². The maximum absolute atomic E-state index is 12.9. The number of nitrogen functional groups attached to an aromatic ring is 1. The van der Waals surface area contributed by atoms with Crippen molar-refractivity contribution in [2.45, 2.75) is 25.1 Å². The molecule has 1 amide bonds. The Morgan fingerprint density at radius 3 is 2.50 bits per heavy atom. The van der Waals surface area contributed by atoms with E-state index in [0.717, 1.165) is 10.4 Å². The predicted molar refractivity (Wildman–Crippen MR) is 64.4 cm³/mol. The minimum atomic E-state index is -3.64. The van der Waals surface area contributed by atoms with Crippen LogP contribution in [0.5, 0.6) is 0 Å². The van der Waals surface area contributed by atoms with Crippen molar-refractivity contribution in [2.75, 3.05) is 5.73 Å². The fraction of sp³-hybridized carbons (Fsp3) is 0.364. The Morgan fingerprint density at radius 1 is 1.39 bits per heavy atom. The lowest BCUT2D eigenvalue weighted by molar-refractivity contribution is -0.132. The molecule has 5 nitrogen and oxygen atoms in total. The molecule has 98 valence electrons. The number of hydrogen-bond donors (Lipinski definition) is 1. The number of amides is 1. The Balaban J connectivity index is 2.30. The van der Waals surface area contributed by atoms with Crippen LogP contribution >= 0.6 is 0 Å². The maximum atomic E-state index is 12.9.